The third-order valence-electron chi connectivity index (χ3n) is 3.19. The number of carbonyl (C=O) groups is 2. The maximum absolute atomic E-state index is 12.9. The highest BCUT2D eigenvalue weighted by Gasteiger charge is 2.18. The van der Waals surface area contributed by atoms with E-state index in [0.717, 1.165) is 31.4 Å². The molecule has 4 nitrogen and oxygen atoms in total. The van der Waals surface area contributed by atoms with Crippen LogP contribution in [0.5, 0.6) is 5.75 Å². The van der Waals surface area contributed by atoms with Crippen LogP contribution >= 0.6 is 0 Å². The summed E-state index contributed by atoms with van der Waals surface area (Å²) < 4.78 is 35.2. The molecule has 0 unspecified atom stereocenters. The summed E-state index contributed by atoms with van der Waals surface area (Å²) in [5.74, 6) is -4.63. The van der Waals surface area contributed by atoms with Gasteiger partial charge in [0.1, 0.15) is 17.4 Å². The largest absolute Gasteiger partial charge is 0.457 e. The zero-order valence-corrected chi connectivity index (χ0v) is 13.3. The molecule has 0 aliphatic heterocycles. The Morgan fingerprint density at radius 2 is 1.43 bits per heavy atom. The topological polar surface area (TPSA) is 52.6 Å². The number of halogens is 2. The highest BCUT2D eigenvalue weighted by molar-refractivity contribution is 6.30. The van der Waals surface area contributed by atoms with Crippen LogP contribution in [0.15, 0.2) is 18.2 Å². The van der Waals surface area contributed by atoms with E-state index in [4.69, 9.17) is 4.74 Å². The van der Waals surface area contributed by atoms with Crippen LogP contribution in [0, 0.1) is 11.6 Å². The van der Waals surface area contributed by atoms with E-state index in [-0.39, 0.29) is 12.4 Å². The molecule has 0 saturated heterocycles. The van der Waals surface area contributed by atoms with Crippen molar-refractivity contribution in [3.05, 3.63) is 29.8 Å². The highest BCUT2D eigenvalue weighted by atomic mass is 19.1. The van der Waals surface area contributed by atoms with Gasteiger partial charge in [-0.1, -0.05) is 45.4 Å². The summed E-state index contributed by atoms with van der Waals surface area (Å²) in [6.45, 7) is 2.27. The van der Waals surface area contributed by atoms with E-state index >= 15 is 0 Å². The highest BCUT2D eigenvalue weighted by Crippen LogP contribution is 2.15. The predicted molar refractivity (Wildman–Crippen MR) is 80.9 cm³/mol. The molecule has 128 valence electrons. The molecule has 0 fully saturated rings. The van der Waals surface area contributed by atoms with Crippen LogP contribution in [-0.4, -0.2) is 18.5 Å². The van der Waals surface area contributed by atoms with E-state index in [9.17, 15) is 18.4 Å². The number of carbonyl (C=O) groups excluding carboxylic acids is 2. The van der Waals surface area contributed by atoms with Crippen LogP contribution in [0.4, 0.5) is 8.78 Å². The molecular weight excluding hydrogens is 306 g/mol. The Morgan fingerprint density at radius 1 is 0.870 bits per heavy atom. The molecule has 0 spiro atoms. The summed E-state index contributed by atoms with van der Waals surface area (Å²) in [5, 5.41) is 0. The minimum atomic E-state index is -1.29. The van der Waals surface area contributed by atoms with Crippen LogP contribution in [-0.2, 0) is 14.3 Å². The van der Waals surface area contributed by atoms with Crippen LogP contribution < -0.4 is 4.74 Å². The minimum absolute atomic E-state index is 0.124. The minimum Gasteiger partial charge on any atom is -0.457 e. The van der Waals surface area contributed by atoms with Crippen molar-refractivity contribution in [2.45, 2.75) is 51.9 Å². The standard InChI is InChI=1S/C17H22F2O4/c1-2-3-4-5-6-7-8-9-22-16(20)17(21)23-15-11-13(18)10-14(19)12-15/h10-12H,2-9H2,1H3. The molecule has 0 heterocycles. The Bertz CT molecular complexity index is 497. The van der Waals surface area contributed by atoms with Crippen molar-refractivity contribution in [3.63, 3.8) is 0 Å². The monoisotopic (exact) mass is 328 g/mol. The van der Waals surface area contributed by atoms with E-state index < -0.39 is 23.6 Å². The molecule has 0 bridgehead atoms. The lowest BCUT2D eigenvalue weighted by molar-refractivity contribution is -0.162. The van der Waals surface area contributed by atoms with Gasteiger partial charge in [-0.3, -0.25) is 0 Å². The average molecular weight is 328 g/mol. The van der Waals surface area contributed by atoms with E-state index in [2.05, 4.69) is 11.7 Å². The SMILES string of the molecule is CCCCCCCCCOC(=O)C(=O)Oc1cc(F)cc(F)c1. The second-order valence-electron chi connectivity index (χ2n) is 5.25. The molecule has 0 aliphatic rings. The third-order valence-corrected chi connectivity index (χ3v) is 3.19. The van der Waals surface area contributed by atoms with Gasteiger partial charge < -0.3 is 9.47 Å². The Labute approximate surface area is 134 Å². The van der Waals surface area contributed by atoms with E-state index in [1.807, 2.05) is 0 Å². The fourth-order valence-corrected chi connectivity index (χ4v) is 2.02. The molecule has 0 aromatic heterocycles. The van der Waals surface area contributed by atoms with E-state index in [1.54, 1.807) is 0 Å². The van der Waals surface area contributed by atoms with Crippen molar-refractivity contribution in [1.29, 1.82) is 0 Å². The zero-order valence-electron chi connectivity index (χ0n) is 13.3. The Morgan fingerprint density at radius 3 is 2.04 bits per heavy atom. The maximum Gasteiger partial charge on any atom is 0.422 e. The second kappa shape index (κ2) is 10.7. The van der Waals surface area contributed by atoms with Crippen molar-refractivity contribution >= 4 is 11.9 Å². The van der Waals surface area contributed by atoms with Gasteiger partial charge >= 0.3 is 11.9 Å². The lowest BCUT2D eigenvalue weighted by Gasteiger charge is -2.06. The first kappa shape index (κ1) is 19.1. The lowest BCUT2D eigenvalue weighted by atomic mass is 10.1. The average Bonchev–Trinajstić information content (AvgIpc) is 2.48. The quantitative estimate of drug-likeness (QED) is 0.295. The van der Waals surface area contributed by atoms with Crippen LogP contribution in [0.3, 0.4) is 0 Å². The van der Waals surface area contributed by atoms with Gasteiger partial charge in [0.25, 0.3) is 0 Å². The van der Waals surface area contributed by atoms with Crippen molar-refractivity contribution in [1.82, 2.24) is 0 Å². The first-order chi connectivity index (χ1) is 11.0. The molecule has 0 radical (unpaired) electrons. The summed E-state index contributed by atoms with van der Waals surface area (Å²) >= 11 is 0. The Kier molecular flexibility index (Phi) is 8.87. The molecule has 1 aromatic carbocycles. The molecule has 0 aliphatic carbocycles. The van der Waals surface area contributed by atoms with E-state index in [0.29, 0.717) is 12.5 Å². The molecule has 0 N–H and O–H groups in total. The Hall–Kier alpha value is -1.98. The number of rotatable bonds is 9. The lowest BCUT2D eigenvalue weighted by Crippen LogP contribution is -2.23. The van der Waals surface area contributed by atoms with Gasteiger partial charge in [0.15, 0.2) is 0 Å². The van der Waals surface area contributed by atoms with Gasteiger partial charge in [-0.05, 0) is 6.42 Å². The molecule has 0 atom stereocenters. The summed E-state index contributed by atoms with van der Waals surface area (Å²) in [5.41, 5.74) is 0. The van der Waals surface area contributed by atoms with Gasteiger partial charge in [0.05, 0.1) is 6.61 Å². The summed E-state index contributed by atoms with van der Waals surface area (Å²) in [6.07, 6.45) is 7.41. The molecule has 0 saturated carbocycles. The third kappa shape index (κ3) is 8.28. The second-order valence-corrected chi connectivity index (χ2v) is 5.25. The number of hydrogen-bond donors (Lipinski definition) is 0. The summed E-state index contributed by atoms with van der Waals surface area (Å²) in [4.78, 5) is 22.8. The number of unbranched alkanes of at least 4 members (excludes halogenated alkanes) is 6. The Balaban J connectivity index is 2.20. The van der Waals surface area contributed by atoms with E-state index in [1.165, 1.54) is 19.3 Å². The number of hydrogen-bond acceptors (Lipinski definition) is 4. The van der Waals surface area contributed by atoms with Crippen molar-refractivity contribution < 1.29 is 27.8 Å². The van der Waals surface area contributed by atoms with Gasteiger partial charge in [0, 0.05) is 18.2 Å². The number of esters is 2. The number of ether oxygens (including phenoxy) is 2. The zero-order chi connectivity index (χ0) is 17.1. The van der Waals surface area contributed by atoms with Crippen LogP contribution in [0.2, 0.25) is 0 Å². The first-order valence-electron chi connectivity index (χ1n) is 7.88. The summed E-state index contributed by atoms with van der Waals surface area (Å²) in [6, 6.07) is 2.26. The fraction of sp³-hybridized carbons (Fsp3) is 0.529. The molecule has 0 amide bonds. The van der Waals surface area contributed by atoms with Gasteiger partial charge in [0.2, 0.25) is 0 Å². The molecule has 23 heavy (non-hydrogen) atoms. The van der Waals surface area contributed by atoms with Crippen molar-refractivity contribution in [2.24, 2.45) is 0 Å². The maximum atomic E-state index is 12.9. The van der Waals surface area contributed by atoms with Crippen LogP contribution in [0.1, 0.15) is 51.9 Å². The van der Waals surface area contributed by atoms with Crippen LogP contribution in [0.25, 0.3) is 0 Å². The molecule has 1 aromatic rings. The summed E-state index contributed by atoms with van der Waals surface area (Å²) in [7, 11) is 0. The van der Waals surface area contributed by atoms with Gasteiger partial charge in [-0.2, -0.15) is 0 Å². The first-order valence-corrected chi connectivity index (χ1v) is 7.88. The van der Waals surface area contributed by atoms with Gasteiger partial charge in [-0.15, -0.1) is 0 Å². The van der Waals surface area contributed by atoms with Gasteiger partial charge in [-0.25, -0.2) is 18.4 Å². The molecular formula is C17H22F2O4. The normalized spacial score (nSPS) is 10.4. The predicted octanol–water partition coefficient (Wildman–Crippen LogP) is 4.16. The number of benzene rings is 1. The molecule has 1 rings (SSSR count). The van der Waals surface area contributed by atoms with Crippen molar-refractivity contribution in [2.75, 3.05) is 6.61 Å². The molecule has 6 heteroatoms. The fourth-order valence-electron chi connectivity index (χ4n) is 2.02. The smallest absolute Gasteiger partial charge is 0.422 e. The van der Waals surface area contributed by atoms with Crippen molar-refractivity contribution in [3.8, 4) is 5.75 Å².